The van der Waals surface area contributed by atoms with Crippen molar-refractivity contribution in [3.8, 4) is 45.8 Å². The molecule has 10 heteroatoms. The molecule has 0 unspecified atom stereocenters. The molecular formula is C88H52N8O2. The minimum Gasteiger partial charge on any atom is -0.456 e. The lowest BCUT2D eigenvalue weighted by Crippen LogP contribution is -2.03. The first kappa shape index (κ1) is 54.0. The van der Waals surface area contributed by atoms with Gasteiger partial charge in [0.05, 0.1) is 66.6 Å². The molecule has 0 aliphatic heterocycles. The monoisotopic (exact) mass is 1250 g/mol. The zero-order valence-corrected chi connectivity index (χ0v) is 52.4. The van der Waals surface area contributed by atoms with E-state index in [0.717, 1.165) is 160 Å². The molecule has 22 aromatic rings. The lowest BCUT2D eigenvalue weighted by atomic mass is 10.1. The molecule has 0 aliphatic rings. The summed E-state index contributed by atoms with van der Waals surface area (Å²) >= 11 is 0. The second kappa shape index (κ2) is 21.0. The highest BCUT2D eigenvalue weighted by molar-refractivity contribution is 6.24. The Labute approximate surface area is 558 Å². The van der Waals surface area contributed by atoms with Crippen LogP contribution in [0.5, 0.6) is 0 Å². The van der Waals surface area contributed by atoms with Crippen LogP contribution in [-0.4, -0.2) is 38.2 Å². The predicted molar refractivity (Wildman–Crippen MR) is 402 cm³/mol. The molecular weight excluding hydrogens is 1200 g/mol. The van der Waals surface area contributed by atoms with Gasteiger partial charge in [-0.15, -0.1) is 0 Å². The summed E-state index contributed by atoms with van der Waals surface area (Å²) in [5, 5.41) is 15.9. The lowest BCUT2D eigenvalue weighted by molar-refractivity contribution is 0.669. The molecule has 0 radical (unpaired) electrons. The molecule has 0 amide bonds. The maximum absolute atomic E-state index is 6.45. The molecule has 0 saturated heterocycles. The Kier molecular flexibility index (Phi) is 11.6. The summed E-state index contributed by atoms with van der Waals surface area (Å²) < 4.78 is 22.0. The summed E-state index contributed by atoms with van der Waals surface area (Å²) in [4.78, 5) is 21.1. The first-order chi connectivity index (χ1) is 48.6. The summed E-state index contributed by atoms with van der Waals surface area (Å²) in [6.07, 6.45) is 0. The molecule has 8 heterocycles. The molecule has 0 saturated carbocycles. The Bertz CT molecular complexity index is 7040. The van der Waals surface area contributed by atoms with Crippen LogP contribution in [0.15, 0.2) is 324 Å². The van der Waals surface area contributed by atoms with E-state index < -0.39 is 0 Å². The fraction of sp³-hybridized carbons (Fsp3) is 0. The van der Waals surface area contributed by atoms with E-state index in [2.05, 4.69) is 285 Å². The van der Waals surface area contributed by atoms with E-state index in [1.54, 1.807) is 0 Å². The van der Waals surface area contributed by atoms with Crippen LogP contribution in [-0.2, 0) is 0 Å². The minimum atomic E-state index is 0.620. The van der Waals surface area contributed by atoms with Crippen molar-refractivity contribution in [3.05, 3.63) is 315 Å². The average molecular weight is 1250 g/mol. The molecule has 14 aromatic carbocycles. The van der Waals surface area contributed by atoms with E-state index >= 15 is 0 Å². The highest BCUT2D eigenvalue weighted by Crippen LogP contribution is 2.45. The fourth-order valence-corrected chi connectivity index (χ4v) is 15.5. The summed E-state index contributed by atoms with van der Waals surface area (Å²) in [5.41, 5.74) is 20.1. The summed E-state index contributed by atoms with van der Waals surface area (Å²) in [6, 6.07) is 111. The Hall–Kier alpha value is -13.4. The van der Waals surface area contributed by atoms with Crippen molar-refractivity contribution in [3.63, 3.8) is 0 Å². The van der Waals surface area contributed by atoms with Crippen molar-refractivity contribution in [1.29, 1.82) is 0 Å². The summed E-state index contributed by atoms with van der Waals surface area (Å²) in [5.74, 6) is 1.27. The average Bonchev–Trinajstić information content (AvgIpc) is 1.55. The van der Waals surface area contributed by atoms with Crippen molar-refractivity contribution in [2.45, 2.75) is 0 Å². The Morgan fingerprint density at radius 3 is 0.959 bits per heavy atom. The molecule has 0 fully saturated rings. The largest absolute Gasteiger partial charge is 0.456 e. The standard InChI is InChI=1S/2C44H26N4O/c1-3-13-27(14-4-1)43-31-19-7-10-20-36(31)45-44(46-43)48-37-21-11-8-17-29(37)32-23-33-34-24-35-30-18-9-12-22-41(30)49-42(35)26-40(34)47(38(33)25-39(32)48)28-15-5-2-6-16-28;1-3-13-27(14-4-1)43-31-19-7-10-20-36(31)45-44(46-43)48-39-25-38-32(29-17-8-11-21-37(29)47(38)28-15-5-2-6-16-28)23-33(39)34-24-35-30-18-9-12-22-41(30)49-42(35)26-40(34)48/h2*1-26H. The van der Waals surface area contributed by atoms with E-state index in [1.165, 1.54) is 27.1 Å². The number of hydrogen-bond acceptors (Lipinski definition) is 6. The molecule has 22 rings (SSSR count). The van der Waals surface area contributed by atoms with E-state index in [4.69, 9.17) is 28.8 Å². The maximum atomic E-state index is 6.45. The number of nitrogens with zero attached hydrogens (tertiary/aromatic N) is 8. The highest BCUT2D eigenvalue weighted by Gasteiger charge is 2.25. The van der Waals surface area contributed by atoms with Crippen LogP contribution < -0.4 is 0 Å². The third-order valence-corrected chi connectivity index (χ3v) is 19.8. The number of para-hydroxylation sites is 8. The van der Waals surface area contributed by atoms with Gasteiger partial charge in [0.15, 0.2) is 0 Å². The number of benzene rings is 14. The number of rotatable bonds is 6. The van der Waals surface area contributed by atoms with E-state index in [1.807, 2.05) is 48.5 Å². The Balaban J connectivity index is 0.000000129. The number of furan rings is 2. The molecule has 98 heavy (non-hydrogen) atoms. The van der Waals surface area contributed by atoms with Crippen LogP contribution in [0.3, 0.4) is 0 Å². The molecule has 456 valence electrons. The van der Waals surface area contributed by atoms with Gasteiger partial charge in [-0.25, -0.2) is 19.9 Å². The molecule has 10 nitrogen and oxygen atoms in total. The second-order valence-electron chi connectivity index (χ2n) is 25.3. The zero-order chi connectivity index (χ0) is 64.1. The van der Waals surface area contributed by atoms with Crippen molar-refractivity contribution in [2.24, 2.45) is 0 Å². The molecule has 0 N–H and O–H groups in total. The van der Waals surface area contributed by atoms with Gasteiger partial charge in [-0.05, 0) is 97.1 Å². The van der Waals surface area contributed by atoms with Gasteiger partial charge in [0.2, 0.25) is 11.9 Å². The van der Waals surface area contributed by atoms with Crippen molar-refractivity contribution in [1.82, 2.24) is 38.2 Å². The van der Waals surface area contributed by atoms with Crippen LogP contribution in [0.25, 0.3) is 199 Å². The Morgan fingerprint density at radius 2 is 0.500 bits per heavy atom. The van der Waals surface area contributed by atoms with Crippen LogP contribution in [0.1, 0.15) is 0 Å². The van der Waals surface area contributed by atoms with Crippen LogP contribution >= 0.6 is 0 Å². The van der Waals surface area contributed by atoms with E-state index in [9.17, 15) is 0 Å². The van der Waals surface area contributed by atoms with Crippen molar-refractivity contribution >= 4 is 153 Å². The smallest absolute Gasteiger partial charge is 0.235 e. The van der Waals surface area contributed by atoms with Gasteiger partial charge in [-0.2, -0.15) is 0 Å². The number of fused-ring (bicyclic) bond motifs is 20. The van der Waals surface area contributed by atoms with Gasteiger partial charge >= 0.3 is 0 Å². The van der Waals surface area contributed by atoms with Gasteiger partial charge in [0.1, 0.15) is 22.3 Å². The van der Waals surface area contributed by atoms with E-state index in [0.29, 0.717) is 11.9 Å². The van der Waals surface area contributed by atoms with Gasteiger partial charge in [0, 0.05) is 110 Å². The Morgan fingerprint density at radius 1 is 0.194 bits per heavy atom. The lowest BCUT2D eigenvalue weighted by Gasteiger charge is -2.12. The third-order valence-electron chi connectivity index (χ3n) is 19.8. The van der Waals surface area contributed by atoms with Gasteiger partial charge in [0.25, 0.3) is 0 Å². The number of aromatic nitrogens is 8. The molecule has 0 atom stereocenters. The molecule has 0 bridgehead atoms. The SMILES string of the molecule is c1ccc(-c2nc(-n3c4cc5oc6ccccc6c5cc4c4cc5c6ccccc6n(-c6ccccc6)c5cc43)nc3ccccc23)cc1.c1ccc(-c2nc(-n3c4ccccc4c4cc5c6cc7c(cc6n(-c6ccccc6)c5cc43)oc3ccccc37)nc3ccccc23)cc1. The predicted octanol–water partition coefficient (Wildman–Crippen LogP) is 22.8. The van der Waals surface area contributed by atoms with Gasteiger partial charge < -0.3 is 18.0 Å². The normalized spacial score (nSPS) is 12.1. The molecule has 8 aromatic heterocycles. The number of hydrogen-bond donors (Lipinski definition) is 0. The van der Waals surface area contributed by atoms with Crippen molar-refractivity contribution < 1.29 is 8.83 Å². The zero-order valence-electron chi connectivity index (χ0n) is 52.4. The second-order valence-corrected chi connectivity index (χ2v) is 25.3. The minimum absolute atomic E-state index is 0.620. The topological polar surface area (TPSA) is 97.6 Å². The first-order valence-corrected chi connectivity index (χ1v) is 33.0. The van der Waals surface area contributed by atoms with Crippen LogP contribution in [0.4, 0.5) is 0 Å². The maximum Gasteiger partial charge on any atom is 0.235 e. The summed E-state index contributed by atoms with van der Waals surface area (Å²) in [6.45, 7) is 0. The highest BCUT2D eigenvalue weighted by atomic mass is 16.3. The fourth-order valence-electron chi connectivity index (χ4n) is 15.5. The molecule has 0 spiro atoms. The summed E-state index contributed by atoms with van der Waals surface area (Å²) in [7, 11) is 0. The quantitative estimate of drug-likeness (QED) is 0.165. The van der Waals surface area contributed by atoms with E-state index in [-0.39, 0.29) is 0 Å². The third kappa shape index (κ3) is 8.09. The van der Waals surface area contributed by atoms with Crippen molar-refractivity contribution in [2.75, 3.05) is 0 Å². The van der Waals surface area contributed by atoms with Gasteiger partial charge in [-0.3, -0.25) is 9.13 Å². The first-order valence-electron chi connectivity index (χ1n) is 33.0. The van der Waals surface area contributed by atoms with Crippen LogP contribution in [0.2, 0.25) is 0 Å². The van der Waals surface area contributed by atoms with Crippen LogP contribution in [0, 0.1) is 0 Å². The molecule has 0 aliphatic carbocycles. The van der Waals surface area contributed by atoms with Gasteiger partial charge in [-0.1, -0.05) is 206 Å².